The van der Waals surface area contributed by atoms with Gasteiger partial charge in [0.25, 0.3) is 0 Å². The maximum atomic E-state index is 11.9. The van der Waals surface area contributed by atoms with Crippen molar-refractivity contribution in [3.05, 3.63) is 12.2 Å². The van der Waals surface area contributed by atoms with Gasteiger partial charge in [-0.2, -0.15) is 0 Å². The summed E-state index contributed by atoms with van der Waals surface area (Å²) in [5, 5.41) is 2.82. The summed E-state index contributed by atoms with van der Waals surface area (Å²) in [7, 11) is 1.85. The minimum Gasteiger partial charge on any atom is -0.376 e. The van der Waals surface area contributed by atoms with Gasteiger partial charge in [0.1, 0.15) is 0 Å². The van der Waals surface area contributed by atoms with Gasteiger partial charge in [0.05, 0.1) is 6.17 Å². The second kappa shape index (κ2) is 9.35. The maximum absolute atomic E-state index is 11.9. The normalized spacial score (nSPS) is 12.3. The average molecular weight is 318 g/mol. The third-order valence-corrected chi connectivity index (χ3v) is 6.30. The van der Waals surface area contributed by atoms with Crippen LogP contribution in [0.3, 0.4) is 0 Å². The molecule has 0 saturated heterocycles. The predicted octanol–water partition coefficient (Wildman–Crippen LogP) is 2.68. The molecular weight excluding hydrogens is 286 g/mol. The summed E-state index contributed by atoms with van der Waals surface area (Å²) < 4.78 is 15.8. The first-order valence-corrected chi connectivity index (χ1v) is 9.26. The van der Waals surface area contributed by atoms with Crippen LogP contribution in [-0.4, -0.2) is 42.2 Å². The van der Waals surface area contributed by atoms with E-state index in [9.17, 15) is 4.79 Å². The van der Waals surface area contributed by atoms with Gasteiger partial charge in [0, 0.05) is 27.8 Å². The van der Waals surface area contributed by atoms with Crippen molar-refractivity contribution in [2.45, 2.75) is 46.5 Å². The molecule has 0 aliphatic rings. The van der Waals surface area contributed by atoms with Gasteiger partial charge < -0.3 is 18.6 Å². The van der Waals surface area contributed by atoms with Gasteiger partial charge in [0.15, 0.2) is 0 Å². The van der Waals surface area contributed by atoms with Crippen molar-refractivity contribution >= 4 is 14.7 Å². The molecule has 1 amide bonds. The van der Waals surface area contributed by atoms with Crippen LogP contribution in [0.1, 0.15) is 46.5 Å². The summed E-state index contributed by atoms with van der Waals surface area (Å²) >= 11 is 0. The molecule has 0 aromatic carbocycles. The summed E-state index contributed by atoms with van der Waals surface area (Å²) in [5.74, 6) is -0.0338. The zero-order valence-corrected chi connectivity index (χ0v) is 15.4. The van der Waals surface area contributed by atoms with Gasteiger partial charge in [-0.3, -0.25) is 4.79 Å². The van der Waals surface area contributed by atoms with Crippen LogP contribution in [0.15, 0.2) is 12.2 Å². The van der Waals surface area contributed by atoms with Gasteiger partial charge in [-0.1, -0.05) is 39.3 Å². The number of hydrogen-bond acceptors (Lipinski definition) is 4. The maximum Gasteiger partial charge on any atom is 0.520 e. The largest absolute Gasteiger partial charge is 0.520 e. The van der Waals surface area contributed by atoms with E-state index in [0.717, 1.165) is 18.4 Å². The highest BCUT2D eigenvalue weighted by Crippen LogP contribution is 2.29. The SMILES string of the molecule is C=C(CCC(=O)NC[Si](OC)(OC)OC)CC(C)(C)CC. The van der Waals surface area contributed by atoms with E-state index in [4.69, 9.17) is 13.3 Å². The van der Waals surface area contributed by atoms with Crippen molar-refractivity contribution in [1.82, 2.24) is 5.32 Å². The number of hydrogen-bond donors (Lipinski definition) is 1. The van der Waals surface area contributed by atoms with E-state index in [0.29, 0.717) is 12.8 Å². The van der Waals surface area contributed by atoms with Gasteiger partial charge in [-0.05, 0) is 18.3 Å². The average Bonchev–Trinajstić information content (AvgIpc) is 2.46. The van der Waals surface area contributed by atoms with Gasteiger partial charge in [0.2, 0.25) is 5.91 Å². The molecule has 0 bridgehead atoms. The zero-order valence-electron chi connectivity index (χ0n) is 14.4. The molecule has 0 radical (unpaired) electrons. The van der Waals surface area contributed by atoms with Crippen molar-refractivity contribution < 1.29 is 18.1 Å². The van der Waals surface area contributed by atoms with Crippen LogP contribution in [0.4, 0.5) is 0 Å². The molecule has 0 aromatic heterocycles. The second-order valence-corrected chi connectivity index (χ2v) is 8.96. The Bertz CT molecular complexity index is 332. The van der Waals surface area contributed by atoms with E-state index < -0.39 is 8.80 Å². The van der Waals surface area contributed by atoms with E-state index in [2.05, 4.69) is 32.7 Å². The van der Waals surface area contributed by atoms with E-state index in [1.54, 1.807) is 0 Å². The number of amides is 1. The molecule has 0 spiro atoms. The van der Waals surface area contributed by atoms with E-state index in [1.165, 1.54) is 21.3 Å². The first kappa shape index (κ1) is 20.3. The molecule has 6 heteroatoms. The third-order valence-electron chi connectivity index (χ3n) is 3.83. The molecule has 21 heavy (non-hydrogen) atoms. The van der Waals surface area contributed by atoms with Crippen molar-refractivity contribution in [2.75, 3.05) is 27.5 Å². The smallest absolute Gasteiger partial charge is 0.376 e. The summed E-state index contributed by atoms with van der Waals surface area (Å²) in [5.41, 5.74) is 1.36. The van der Waals surface area contributed by atoms with Crippen molar-refractivity contribution in [3.8, 4) is 0 Å². The van der Waals surface area contributed by atoms with E-state index >= 15 is 0 Å². The number of nitrogens with one attached hydrogen (secondary N) is 1. The molecule has 124 valence electrons. The predicted molar refractivity (Wildman–Crippen MR) is 86.9 cm³/mol. The molecule has 0 aromatic rings. The van der Waals surface area contributed by atoms with Crippen LogP contribution in [0.5, 0.6) is 0 Å². The monoisotopic (exact) mass is 317 g/mol. The lowest BCUT2D eigenvalue weighted by molar-refractivity contribution is -0.121. The Hall–Kier alpha value is -0.693. The molecule has 0 atom stereocenters. The van der Waals surface area contributed by atoms with Gasteiger partial charge in [-0.25, -0.2) is 0 Å². The molecule has 0 rings (SSSR count). The molecule has 0 aliphatic carbocycles. The fraction of sp³-hybridized carbons (Fsp3) is 0.800. The van der Waals surface area contributed by atoms with E-state index in [1.807, 2.05) is 0 Å². The lowest BCUT2D eigenvalue weighted by Gasteiger charge is -2.25. The van der Waals surface area contributed by atoms with Crippen LogP contribution in [0.2, 0.25) is 0 Å². The highest BCUT2D eigenvalue weighted by atomic mass is 28.4. The standard InChI is InChI=1S/C15H31NO4Si/c1-8-15(3,4)11-13(2)9-10-14(17)16-12-21(18-5,19-6)20-7/h2,8-12H2,1,3-7H3,(H,16,17). The van der Waals surface area contributed by atoms with E-state index in [-0.39, 0.29) is 17.5 Å². The molecule has 0 heterocycles. The highest BCUT2D eigenvalue weighted by Gasteiger charge is 2.38. The van der Waals surface area contributed by atoms with Crippen molar-refractivity contribution in [2.24, 2.45) is 5.41 Å². The van der Waals surface area contributed by atoms with Crippen LogP contribution in [0, 0.1) is 5.41 Å². The lowest BCUT2D eigenvalue weighted by atomic mass is 9.82. The summed E-state index contributed by atoms with van der Waals surface area (Å²) in [6, 6.07) is 0. The molecular formula is C15H31NO4Si. The zero-order chi connectivity index (χ0) is 16.5. The molecule has 0 fully saturated rings. The Balaban J connectivity index is 4.14. The molecule has 0 saturated carbocycles. The van der Waals surface area contributed by atoms with Crippen molar-refractivity contribution in [3.63, 3.8) is 0 Å². The summed E-state index contributed by atoms with van der Waals surface area (Å²) in [6.07, 6.45) is 3.46. The Kier molecular flexibility index (Phi) is 9.04. The second-order valence-electron chi connectivity index (χ2n) is 6.02. The minimum absolute atomic E-state index is 0.0338. The topological polar surface area (TPSA) is 56.8 Å². The quantitative estimate of drug-likeness (QED) is 0.470. The number of rotatable bonds is 11. The fourth-order valence-electron chi connectivity index (χ4n) is 1.94. The van der Waals surface area contributed by atoms with Crippen LogP contribution >= 0.6 is 0 Å². The number of carbonyl (C=O) groups is 1. The Morgan fingerprint density at radius 1 is 1.14 bits per heavy atom. The van der Waals surface area contributed by atoms with Crippen molar-refractivity contribution in [1.29, 1.82) is 0 Å². The third kappa shape index (κ3) is 7.76. The minimum atomic E-state index is -2.73. The lowest BCUT2D eigenvalue weighted by Crippen LogP contribution is -2.53. The van der Waals surface area contributed by atoms with Crippen LogP contribution in [0.25, 0.3) is 0 Å². The highest BCUT2D eigenvalue weighted by molar-refractivity contribution is 6.61. The first-order chi connectivity index (χ1) is 9.74. The molecule has 5 nitrogen and oxygen atoms in total. The Morgan fingerprint density at radius 3 is 2.10 bits per heavy atom. The van der Waals surface area contributed by atoms with Gasteiger partial charge in [-0.15, -0.1) is 0 Å². The Morgan fingerprint density at radius 2 is 1.67 bits per heavy atom. The number of allylic oxidation sites excluding steroid dienone is 1. The number of carbonyl (C=O) groups excluding carboxylic acids is 1. The van der Waals surface area contributed by atoms with Crippen LogP contribution < -0.4 is 5.32 Å². The molecule has 0 aliphatic heterocycles. The van der Waals surface area contributed by atoms with Crippen LogP contribution in [-0.2, 0) is 18.1 Å². The fourth-order valence-corrected chi connectivity index (χ4v) is 3.29. The Labute approximate surface area is 130 Å². The summed E-state index contributed by atoms with van der Waals surface area (Å²) in [6.45, 7) is 10.7. The first-order valence-electron chi connectivity index (χ1n) is 7.33. The molecule has 1 N–H and O–H groups in total. The summed E-state index contributed by atoms with van der Waals surface area (Å²) in [4.78, 5) is 11.9. The molecule has 0 unspecified atom stereocenters. The van der Waals surface area contributed by atoms with Gasteiger partial charge >= 0.3 is 8.80 Å².